The van der Waals surface area contributed by atoms with Crippen molar-refractivity contribution in [3.05, 3.63) is 29.8 Å². The Kier molecular flexibility index (Phi) is 6.16. The van der Waals surface area contributed by atoms with Crippen LogP contribution in [0.5, 0.6) is 5.75 Å². The van der Waals surface area contributed by atoms with Gasteiger partial charge in [0.05, 0.1) is 6.42 Å². The fourth-order valence-electron chi connectivity index (χ4n) is 1.89. The monoisotopic (exact) mass is 283 g/mol. The topological polar surface area (TPSA) is 49.3 Å². The smallest absolute Gasteiger partial charge is 0.224 e. The number of hydrogen-bond acceptors (Lipinski definition) is 2. The lowest BCUT2D eigenvalue weighted by molar-refractivity contribution is -0.120. The number of alkyl halides is 1. The minimum atomic E-state index is -0.0236. The number of phenols is 1. The third-order valence-electron chi connectivity index (χ3n) is 3.03. The van der Waals surface area contributed by atoms with E-state index in [4.69, 9.17) is 11.6 Å². The second-order valence-electron chi connectivity index (χ2n) is 5.58. The summed E-state index contributed by atoms with van der Waals surface area (Å²) in [6.07, 6.45) is 2.24. The molecule has 0 saturated heterocycles. The van der Waals surface area contributed by atoms with Gasteiger partial charge in [-0.05, 0) is 36.0 Å². The normalized spacial score (nSPS) is 11.3. The second kappa shape index (κ2) is 7.39. The Hall–Kier alpha value is -1.22. The van der Waals surface area contributed by atoms with Gasteiger partial charge in [0.15, 0.2) is 0 Å². The molecule has 1 aromatic rings. The molecule has 0 radical (unpaired) electrons. The first kappa shape index (κ1) is 15.8. The van der Waals surface area contributed by atoms with E-state index in [1.54, 1.807) is 18.2 Å². The van der Waals surface area contributed by atoms with Crippen LogP contribution in [0.2, 0.25) is 0 Å². The molecular weight excluding hydrogens is 262 g/mol. The van der Waals surface area contributed by atoms with Gasteiger partial charge in [-0.2, -0.15) is 0 Å². The number of benzene rings is 1. The SMILES string of the molecule is CC(C)(CCCCl)CNC(=O)Cc1cccc(O)c1. The summed E-state index contributed by atoms with van der Waals surface area (Å²) < 4.78 is 0. The van der Waals surface area contributed by atoms with E-state index in [0.29, 0.717) is 18.8 Å². The zero-order chi connectivity index (χ0) is 14.3. The predicted octanol–water partition coefficient (Wildman–Crippen LogP) is 3.10. The van der Waals surface area contributed by atoms with Crippen LogP contribution in [0.25, 0.3) is 0 Å². The molecule has 106 valence electrons. The Labute approximate surface area is 120 Å². The molecule has 19 heavy (non-hydrogen) atoms. The number of carbonyl (C=O) groups is 1. The summed E-state index contributed by atoms with van der Waals surface area (Å²) in [5.74, 6) is 0.818. The number of phenolic OH excluding ortho intramolecular Hbond substituents is 1. The summed E-state index contributed by atoms with van der Waals surface area (Å²) in [4.78, 5) is 11.8. The molecule has 0 aliphatic carbocycles. The third kappa shape index (κ3) is 6.48. The number of hydrogen-bond donors (Lipinski definition) is 2. The molecule has 0 unspecified atom stereocenters. The van der Waals surface area contributed by atoms with Crippen molar-refractivity contribution < 1.29 is 9.90 Å². The molecule has 1 rings (SSSR count). The third-order valence-corrected chi connectivity index (χ3v) is 3.29. The highest BCUT2D eigenvalue weighted by Crippen LogP contribution is 2.21. The van der Waals surface area contributed by atoms with Crippen molar-refractivity contribution in [2.45, 2.75) is 33.1 Å². The minimum absolute atomic E-state index is 0.0236. The fourth-order valence-corrected chi connectivity index (χ4v) is 2.02. The molecule has 2 N–H and O–H groups in total. The maximum absolute atomic E-state index is 11.8. The molecule has 0 saturated carbocycles. The fraction of sp³-hybridized carbons (Fsp3) is 0.533. The first-order chi connectivity index (χ1) is 8.93. The highest BCUT2D eigenvalue weighted by molar-refractivity contribution is 6.17. The van der Waals surface area contributed by atoms with E-state index in [1.165, 1.54) is 0 Å². The van der Waals surface area contributed by atoms with Crippen LogP contribution < -0.4 is 5.32 Å². The van der Waals surface area contributed by atoms with E-state index in [0.717, 1.165) is 18.4 Å². The van der Waals surface area contributed by atoms with Gasteiger partial charge in [0.2, 0.25) is 5.91 Å². The van der Waals surface area contributed by atoms with Gasteiger partial charge in [0.25, 0.3) is 0 Å². The summed E-state index contributed by atoms with van der Waals surface area (Å²) in [6.45, 7) is 4.88. The van der Waals surface area contributed by atoms with Crippen molar-refractivity contribution in [3.63, 3.8) is 0 Å². The molecular formula is C15H22ClNO2. The van der Waals surface area contributed by atoms with Gasteiger partial charge in [-0.1, -0.05) is 26.0 Å². The number of rotatable bonds is 7. The first-order valence-corrected chi connectivity index (χ1v) is 7.07. The van der Waals surface area contributed by atoms with Gasteiger partial charge in [-0.15, -0.1) is 11.6 Å². The van der Waals surface area contributed by atoms with E-state index < -0.39 is 0 Å². The predicted molar refractivity (Wildman–Crippen MR) is 78.6 cm³/mol. The number of aromatic hydroxyl groups is 1. The zero-order valence-electron chi connectivity index (χ0n) is 11.6. The summed E-state index contributed by atoms with van der Waals surface area (Å²) >= 11 is 5.68. The Balaban J connectivity index is 2.39. The molecule has 0 spiro atoms. The Morgan fingerprint density at radius 2 is 2.16 bits per heavy atom. The van der Waals surface area contributed by atoms with Crippen LogP contribution in [0.4, 0.5) is 0 Å². The number of nitrogens with one attached hydrogen (secondary N) is 1. The number of halogens is 1. The minimum Gasteiger partial charge on any atom is -0.508 e. The number of amides is 1. The van der Waals surface area contributed by atoms with Gasteiger partial charge in [0.1, 0.15) is 5.75 Å². The standard InChI is InChI=1S/C15H22ClNO2/c1-15(2,7-4-8-16)11-17-14(19)10-12-5-3-6-13(18)9-12/h3,5-6,9,18H,4,7-8,10-11H2,1-2H3,(H,17,19). The van der Waals surface area contributed by atoms with Crippen molar-refractivity contribution in [2.75, 3.05) is 12.4 Å². The van der Waals surface area contributed by atoms with Crippen molar-refractivity contribution >= 4 is 17.5 Å². The van der Waals surface area contributed by atoms with Gasteiger partial charge in [-0.25, -0.2) is 0 Å². The van der Waals surface area contributed by atoms with Crippen LogP contribution in [0.3, 0.4) is 0 Å². The Morgan fingerprint density at radius 3 is 2.79 bits per heavy atom. The highest BCUT2D eigenvalue weighted by Gasteiger charge is 2.18. The summed E-state index contributed by atoms with van der Waals surface area (Å²) in [6, 6.07) is 6.77. The van der Waals surface area contributed by atoms with Crippen LogP contribution >= 0.6 is 11.6 Å². The van der Waals surface area contributed by atoms with Crippen molar-refractivity contribution in [1.82, 2.24) is 5.32 Å². The van der Waals surface area contributed by atoms with Crippen LogP contribution in [0.15, 0.2) is 24.3 Å². The first-order valence-electron chi connectivity index (χ1n) is 6.53. The average Bonchev–Trinajstić information content (AvgIpc) is 2.34. The molecule has 0 atom stereocenters. The summed E-state index contributed by atoms with van der Waals surface area (Å²) in [5, 5.41) is 12.3. The van der Waals surface area contributed by atoms with E-state index in [2.05, 4.69) is 19.2 Å². The van der Waals surface area contributed by atoms with Crippen LogP contribution in [-0.2, 0) is 11.2 Å². The lowest BCUT2D eigenvalue weighted by Crippen LogP contribution is -2.34. The van der Waals surface area contributed by atoms with E-state index in [1.807, 2.05) is 6.07 Å². The average molecular weight is 284 g/mol. The van der Waals surface area contributed by atoms with Gasteiger partial charge >= 0.3 is 0 Å². The molecule has 3 nitrogen and oxygen atoms in total. The van der Waals surface area contributed by atoms with E-state index in [9.17, 15) is 9.90 Å². The quantitative estimate of drug-likeness (QED) is 0.756. The molecule has 1 amide bonds. The molecule has 0 fully saturated rings. The van der Waals surface area contributed by atoms with Crippen molar-refractivity contribution in [1.29, 1.82) is 0 Å². The highest BCUT2D eigenvalue weighted by atomic mass is 35.5. The van der Waals surface area contributed by atoms with Crippen LogP contribution in [0.1, 0.15) is 32.3 Å². The molecule has 0 aliphatic heterocycles. The molecule has 4 heteroatoms. The van der Waals surface area contributed by atoms with Crippen LogP contribution in [0, 0.1) is 5.41 Å². The van der Waals surface area contributed by atoms with Crippen molar-refractivity contribution in [3.8, 4) is 5.75 Å². The second-order valence-corrected chi connectivity index (χ2v) is 5.96. The molecule has 1 aromatic carbocycles. The summed E-state index contributed by atoms with van der Waals surface area (Å²) in [5.41, 5.74) is 0.875. The van der Waals surface area contributed by atoms with Crippen LogP contribution in [-0.4, -0.2) is 23.4 Å². The van der Waals surface area contributed by atoms with E-state index >= 15 is 0 Å². The molecule has 0 heterocycles. The summed E-state index contributed by atoms with van der Waals surface area (Å²) in [7, 11) is 0. The molecule has 0 aliphatic rings. The van der Waals surface area contributed by atoms with Gasteiger partial charge < -0.3 is 10.4 Å². The Bertz CT molecular complexity index is 418. The Morgan fingerprint density at radius 1 is 1.42 bits per heavy atom. The molecule has 0 bridgehead atoms. The largest absolute Gasteiger partial charge is 0.508 e. The maximum atomic E-state index is 11.8. The lowest BCUT2D eigenvalue weighted by Gasteiger charge is -2.24. The number of carbonyl (C=O) groups excluding carboxylic acids is 1. The van der Waals surface area contributed by atoms with Gasteiger partial charge in [-0.3, -0.25) is 4.79 Å². The molecule has 0 aromatic heterocycles. The maximum Gasteiger partial charge on any atom is 0.224 e. The lowest BCUT2D eigenvalue weighted by atomic mass is 9.88. The van der Waals surface area contributed by atoms with Gasteiger partial charge in [0, 0.05) is 12.4 Å². The van der Waals surface area contributed by atoms with E-state index in [-0.39, 0.29) is 17.1 Å². The van der Waals surface area contributed by atoms with Crippen molar-refractivity contribution in [2.24, 2.45) is 5.41 Å². The zero-order valence-corrected chi connectivity index (χ0v) is 12.3.